The summed E-state index contributed by atoms with van der Waals surface area (Å²) in [7, 11) is 19.9. The monoisotopic (exact) mass is 1150 g/mol. The van der Waals surface area contributed by atoms with Gasteiger partial charge in [-0.2, -0.15) is 58.8 Å². The number of nitrogens with one attached hydrogen (secondary N) is 1. The van der Waals surface area contributed by atoms with Crippen LogP contribution in [0.2, 0.25) is 0 Å². The molecule has 0 radical (unpaired) electrons. The summed E-state index contributed by atoms with van der Waals surface area (Å²) in [6.07, 6.45) is 30.1. The predicted molar refractivity (Wildman–Crippen MR) is 360 cm³/mol. The van der Waals surface area contributed by atoms with Crippen molar-refractivity contribution in [2.75, 3.05) is 125 Å². The van der Waals surface area contributed by atoms with E-state index in [-0.39, 0.29) is 0 Å². The van der Waals surface area contributed by atoms with Gasteiger partial charge in [-0.1, -0.05) is 105 Å². The molecule has 0 bridgehead atoms. The molecule has 12 unspecified atom stereocenters. The molecule has 0 amide bonds. The molecule has 2 aliphatic carbocycles. The zero-order valence-electron chi connectivity index (χ0n) is 53.5. The largest absolute Gasteiger partial charge is 0.319 e. The van der Waals surface area contributed by atoms with Crippen molar-refractivity contribution in [3.05, 3.63) is 24.3 Å². The van der Waals surface area contributed by atoms with E-state index in [1.807, 2.05) is 0 Å². The summed E-state index contributed by atoms with van der Waals surface area (Å²) in [5.41, 5.74) is 3.17. The van der Waals surface area contributed by atoms with Crippen molar-refractivity contribution in [1.29, 1.82) is 0 Å². The van der Waals surface area contributed by atoms with Gasteiger partial charge in [0.1, 0.15) is 0 Å². The first-order valence-corrected chi connectivity index (χ1v) is 37.1. The van der Waals surface area contributed by atoms with E-state index in [1.165, 1.54) is 196 Å². The molecule has 2 saturated carbocycles. The van der Waals surface area contributed by atoms with Crippen LogP contribution >= 0.6 is 58.8 Å². The van der Waals surface area contributed by atoms with E-state index in [1.54, 1.807) is 11.1 Å². The lowest BCUT2D eigenvalue weighted by Gasteiger charge is -2.38. The van der Waals surface area contributed by atoms with E-state index in [0.717, 1.165) is 86.1 Å². The summed E-state index contributed by atoms with van der Waals surface area (Å²) in [4.78, 5) is 9.46. The molecule has 0 aliphatic heterocycles. The number of rotatable bonds is 47. The van der Waals surface area contributed by atoms with Gasteiger partial charge in [-0.3, -0.25) is 0 Å². The number of nitrogens with zero attached hydrogens (tertiary/aromatic N) is 4. The van der Waals surface area contributed by atoms with Gasteiger partial charge >= 0.3 is 0 Å². The lowest BCUT2D eigenvalue weighted by molar-refractivity contribution is 0.253. The molecule has 2 fully saturated rings. The van der Waals surface area contributed by atoms with Gasteiger partial charge in [0.15, 0.2) is 0 Å². The Bertz CT molecular complexity index is 1430. The Labute approximate surface area is 498 Å². The van der Waals surface area contributed by atoms with Gasteiger partial charge in [-0.05, 0) is 226 Å². The van der Waals surface area contributed by atoms with Gasteiger partial charge in [0.2, 0.25) is 0 Å². The lowest BCUT2D eigenvalue weighted by Crippen LogP contribution is -2.30. The van der Waals surface area contributed by atoms with E-state index in [4.69, 9.17) is 13.2 Å². The number of thioether (sulfide) groups is 5. The second kappa shape index (κ2) is 43.6. The SMILES string of the molecule is C=C(CCCCCCCCC(=C)C1CCC(CCC(SCCN(C)C)C(C)CCC(SCCNC)C(C)C)C(SCCN(C)C)C1)C1CCC(CCC(C)C(C)CCC(SCCN(C)C)C(C)C)C(SCCN(C)C)C1. The molecule has 0 aromatic rings. The highest BCUT2D eigenvalue weighted by atomic mass is 32.2. The highest BCUT2D eigenvalue weighted by Crippen LogP contribution is 2.45. The van der Waals surface area contributed by atoms with Gasteiger partial charge in [-0.15, -0.1) is 0 Å². The average molecular weight is 1160 g/mol. The van der Waals surface area contributed by atoms with E-state index in [2.05, 4.69) is 196 Å². The Hall–Kier alpha value is 1.03. The Morgan fingerprint density at radius 1 is 0.447 bits per heavy atom. The van der Waals surface area contributed by atoms with Crippen molar-refractivity contribution in [2.24, 2.45) is 53.3 Å². The van der Waals surface area contributed by atoms with Gasteiger partial charge < -0.3 is 24.9 Å². The minimum Gasteiger partial charge on any atom is -0.319 e. The normalized spacial score (nSPS) is 23.0. The third-order valence-electron chi connectivity index (χ3n) is 18.1. The molecule has 2 aliphatic rings. The molecule has 0 spiro atoms. The molecule has 12 atom stereocenters. The van der Waals surface area contributed by atoms with Crippen LogP contribution in [0, 0.1) is 53.3 Å². The average Bonchev–Trinajstić information content (AvgIpc) is 3.36. The zero-order chi connectivity index (χ0) is 56.4. The Balaban J connectivity index is 1.82. The van der Waals surface area contributed by atoms with Gasteiger partial charge in [0, 0.05) is 87.7 Å². The fourth-order valence-electron chi connectivity index (χ4n) is 12.1. The Morgan fingerprint density at radius 3 is 1.26 bits per heavy atom. The van der Waals surface area contributed by atoms with Crippen LogP contribution in [0.3, 0.4) is 0 Å². The summed E-state index contributed by atoms with van der Waals surface area (Å²) in [6.45, 7) is 33.0. The van der Waals surface area contributed by atoms with E-state index in [0.29, 0.717) is 0 Å². The highest BCUT2D eigenvalue weighted by Gasteiger charge is 2.34. The maximum Gasteiger partial charge on any atom is 0.00815 e. The smallest absolute Gasteiger partial charge is 0.00815 e. The topological polar surface area (TPSA) is 25.0 Å². The van der Waals surface area contributed by atoms with Gasteiger partial charge in [-0.25, -0.2) is 0 Å². The molecule has 0 aromatic heterocycles. The maximum atomic E-state index is 4.81. The zero-order valence-corrected chi connectivity index (χ0v) is 57.5. The summed E-state index contributed by atoms with van der Waals surface area (Å²) in [5, 5.41) is 7.29. The molecule has 0 aromatic carbocycles. The van der Waals surface area contributed by atoms with Crippen LogP contribution in [0.4, 0.5) is 0 Å². The summed E-state index contributed by atoms with van der Waals surface area (Å²) < 4.78 is 0. The van der Waals surface area contributed by atoms with Crippen molar-refractivity contribution in [2.45, 2.75) is 216 Å². The highest BCUT2D eigenvalue weighted by molar-refractivity contribution is 8.00. The van der Waals surface area contributed by atoms with Crippen LogP contribution in [0.25, 0.3) is 0 Å². The van der Waals surface area contributed by atoms with Crippen molar-refractivity contribution in [3.8, 4) is 0 Å². The minimum absolute atomic E-state index is 0.727. The molecule has 5 nitrogen and oxygen atoms in total. The predicted octanol–water partition coefficient (Wildman–Crippen LogP) is 17.4. The number of hydrogen-bond donors (Lipinski definition) is 1. The molecule has 0 heterocycles. The van der Waals surface area contributed by atoms with Crippen LogP contribution in [0.15, 0.2) is 24.3 Å². The maximum absolute atomic E-state index is 4.81. The fourth-order valence-corrected chi connectivity index (χ4v) is 19.8. The summed E-state index contributed by atoms with van der Waals surface area (Å²) in [5.74, 6) is 13.4. The lowest BCUT2D eigenvalue weighted by atomic mass is 9.74. The van der Waals surface area contributed by atoms with E-state index in [9.17, 15) is 0 Å². The summed E-state index contributed by atoms with van der Waals surface area (Å²) in [6, 6.07) is 0. The van der Waals surface area contributed by atoms with Crippen LogP contribution in [-0.4, -0.2) is 171 Å². The van der Waals surface area contributed by atoms with Crippen molar-refractivity contribution >= 4 is 58.8 Å². The molecular weight excluding hydrogens is 1020 g/mol. The number of unbranched alkanes of at least 4 members (excludes halogenated alkanes) is 5. The van der Waals surface area contributed by atoms with Crippen LogP contribution in [0.5, 0.6) is 0 Å². The van der Waals surface area contributed by atoms with Crippen molar-refractivity contribution in [3.63, 3.8) is 0 Å². The molecule has 1 N–H and O–H groups in total. The second-order valence-electron chi connectivity index (χ2n) is 26.6. The van der Waals surface area contributed by atoms with Crippen molar-refractivity contribution < 1.29 is 0 Å². The standard InChI is InChI=1S/C66H131N5S5/c1-51(2)62(72-44-39-67-10)37-29-57(9)64(74-46-41-69(13)14)38-35-59-32-34-61(50-66(59)76-48-43-71(17)18)56(8)26-24-22-20-19-21-23-25-55(7)60-33-31-58(65(49-60)75-47-42-70(15)16)30-27-53(5)54(6)28-36-63(52(3)4)73-45-40-68(11)12/h51-54,57-67H,7-8,19-50H2,1-6,9-18H3. The summed E-state index contributed by atoms with van der Waals surface area (Å²) >= 11 is 11.3. The third kappa shape index (κ3) is 33.4. The molecule has 2 rings (SSSR count). The quantitative estimate of drug-likeness (QED) is 0.0469. The first-order chi connectivity index (χ1) is 36.2. The fraction of sp³-hybridized carbons (Fsp3) is 0.939. The van der Waals surface area contributed by atoms with Crippen LogP contribution < -0.4 is 5.32 Å². The Kier molecular flexibility index (Phi) is 42.0. The van der Waals surface area contributed by atoms with Crippen molar-refractivity contribution in [1.82, 2.24) is 24.9 Å². The molecule has 0 saturated heterocycles. The van der Waals surface area contributed by atoms with E-state index < -0.39 is 0 Å². The van der Waals surface area contributed by atoms with Gasteiger partial charge in [0.05, 0.1) is 0 Å². The molecular formula is C66H131N5S5. The Morgan fingerprint density at radius 2 is 0.829 bits per heavy atom. The van der Waals surface area contributed by atoms with Crippen LogP contribution in [0.1, 0.15) is 190 Å². The first-order valence-electron chi connectivity index (χ1n) is 31.9. The molecule has 450 valence electrons. The second-order valence-corrected chi connectivity index (χ2v) is 33.3. The molecule has 10 heteroatoms. The third-order valence-corrected chi connectivity index (χ3v) is 25.8. The van der Waals surface area contributed by atoms with E-state index >= 15 is 0 Å². The number of hydrogen-bond acceptors (Lipinski definition) is 10. The first kappa shape index (κ1) is 73.1. The van der Waals surface area contributed by atoms with Crippen LogP contribution in [-0.2, 0) is 0 Å². The minimum atomic E-state index is 0.727. The van der Waals surface area contributed by atoms with Gasteiger partial charge in [0.25, 0.3) is 0 Å². The number of allylic oxidation sites excluding steroid dienone is 2. The molecule has 76 heavy (non-hydrogen) atoms.